The van der Waals surface area contributed by atoms with Gasteiger partial charge in [-0.3, -0.25) is 19.8 Å². The van der Waals surface area contributed by atoms with Gasteiger partial charge in [-0.05, 0) is 5.56 Å². The van der Waals surface area contributed by atoms with E-state index in [1.165, 1.54) is 12.1 Å². The maximum absolute atomic E-state index is 12.8. The Balaban J connectivity index is 1.58. The van der Waals surface area contributed by atoms with Gasteiger partial charge >= 0.3 is 6.03 Å². The summed E-state index contributed by atoms with van der Waals surface area (Å²) in [7, 11) is 0. The van der Waals surface area contributed by atoms with E-state index in [1.54, 1.807) is 0 Å². The fraction of sp³-hybridized carbons (Fsp3) is 0.263. The minimum atomic E-state index is -0.673. The summed E-state index contributed by atoms with van der Waals surface area (Å²) < 4.78 is 10.7. The van der Waals surface area contributed by atoms with Crippen molar-refractivity contribution < 1.29 is 24.0 Å². The highest BCUT2D eigenvalue weighted by atomic mass is 16.7. The minimum absolute atomic E-state index is 0.00852. The van der Waals surface area contributed by atoms with Gasteiger partial charge in [-0.25, -0.2) is 4.79 Å². The molecule has 9 nitrogen and oxygen atoms in total. The number of carbonyl (C=O) groups excluding carboxylic acids is 2. The minimum Gasteiger partial charge on any atom is -0.467 e. The summed E-state index contributed by atoms with van der Waals surface area (Å²) in [5.74, 6) is 0.0464. The lowest BCUT2D eigenvalue weighted by molar-refractivity contribution is -0.385. The van der Waals surface area contributed by atoms with Crippen molar-refractivity contribution >= 4 is 17.6 Å². The third kappa shape index (κ3) is 3.39. The standard InChI is InChI=1S/C19H17N3O6/c23-18-16(6-12-4-2-1-3-5-12)20-19(24)21(18)9-13-7-15(22(25)26)8-14-10-27-11-28-17(13)14/h1-5,7-8,16H,6,9-11H2,(H,20,24)/t16-/m1/s1. The fourth-order valence-corrected chi connectivity index (χ4v) is 3.39. The number of amides is 3. The third-order valence-corrected chi connectivity index (χ3v) is 4.70. The van der Waals surface area contributed by atoms with Crippen molar-refractivity contribution in [3.05, 3.63) is 69.3 Å². The zero-order valence-corrected chi connectivity index (χ0v) is 14.8. The molecule has 28 heavy (non-hydrogen) atoms. The van der Waals surface area contributed by atoms with Gasteiger partial charge < -0.3 is 14.8 Å². The molecular formula is C19H17N3O6. The molecule has 2 aliphatic heterocycles. The van der Waals surface area contributed by atoms with Crippen molar-refractivity contribution in [3.63, 3.8) is 0 Å². The number of non-ortho nitro benzene ring substituents is 1. The van der Waals surface area contributed by atoms with Crippen molar-refractivity contribution in [2.24, 2.45) is 0 Å². The van der Waals surface area contributed by atoms with E-state index in [4.69, 9.17) is 9.47 Å². The average Bonchev–Trinajstić information content (AvgIpc) is 2.96. The van der Waals surface area contributed by atoms with Gasteiger partial charge in [0, 0.05) is 29.7 Å². The summed E-state index contributed by atoms with van der Waals surface area (Å²) in [6, 6.07) is 10.9. The van der Waals surface area contributed by atoms with Gasteiger partial charge in [0.1, 0.15) is 11.8 Å². The largest absolute Gasteiger partial charge is 0.467 e. The van der Waals surface area contributed by atoms with E-state index < -0.39 is 17.0 Å². The molecule has 1 N–H and O–H groups in total. The topological polar surface area (TPSA) is 111 Å². The van der Waals surface area contributed by atoms with Gasteiger partial charge in [0.25, 0.3) is 11.6 Å². The number of ether oxygens (including phenoxy) is 2. The fourth-order valence-electron chi connectivity index (χ4n) is 3.39. The van der Waals surface area contributed by atoms with Crippen LogP contribution in [0.2, 0.25) is 0 Å². The Morgan fingerprint density at radius 3 is 2.75 bits per heavy atom. The monoisotopic (exact) mass is 383 g/mol. The molecule has 0 aromatic heterocycles. The van der Waals surface area contributed by atoms with Crippen molar-refractivity contribution in [2.75, 3.05) is 6.79 Å². The van der Waals surface area contributed by atoms with E-state index >= 15 is 0 Å². The molecule has 1 saturated heterocycles. The van der Waals surface area contributed by atoms with Crippen LogP contribution in [0.25, 0.3) is 0 Å². The first-order valence-electron chi connectivity index (χ1n) is 8.69. The summed E-state index contributed by atoms with van der Waals surface area (Å²) in [6.07, 6.45) is 0.374. The summed E-state index contributed by atoms with van der Waals surface area (Å²) >= 11 is 0. The number of nitro benzene ring substituents is 1. The summed E-state index contributed by atoms with van der Waals surface area (Å²) in [4.78, 5) is 36.9. The first-order chi connectivity index (χ1) is 13.5. The number of fused-ring (bicyclic) bond motifs is 1. The molecule has 0 aliphatic carbocycles. The maximum atomic E-state index is 12.8. The average molecular weight is 383 g/mol. The second-order valence-electron chi connectivity index (χ2n) is 6.58. The molecule has 9 heteroatoms. The normalized spacial score (nSPS) is 18.4. The van der Waals surface area contributed by atoms with Gasteiger partial charge in [0.15, 0.2) is 6.79 Å². The van der Waals surface area contributed by atoms with Crippen LogP contribution in [0, 0.1) is 10.1 Å². The van der Waals surface area contributed by atoms with Crippen molar-refractivity contribution in [2.45, 2.75) is 25.6 Å². The number of hydrogen-bond acceptors (Lipinski definition) is 6. The van der Waals surface area contributed by atoms with Crippen LogP contribution < -0.4 is 10.1 Å². The predicted octanol–water partition coefficient (Wildman–Crippen LogP) is 2.12. The molecular weight excluding hydrogens is 366 g/mol. The van der Waals surface area contributed by atoms with Gasteiger partial charge in [-0.15, -0.1) is 0 Å². The molecule has 0 bridgehead atoms. The van der Waals surface area contributed by atoms with Gasteiger partial charge in [0.05, 0.1) is 18.1 Å². The predicted molar refractivity (Wildman–Crippen MR) is 96.4 cm³/mol. The zero-order valence-electron chi connectivity index (χ0n) is 14.8. The highest BCUT2D eigenvalue weighted by Gasteiger charge is 2.38. The quantitative estimate of drug-likeness (QED) is 0.481. The Kier molecular flexibility index (Phi) is 4.66. The number of rotatable bonds is 5. The lowest BCUT2D eigenvalue weighted by atomic mass is 10.0. The van der Waals surface area contributed by atoms with Crippen LogP contribution in [-0.4, -0.2) is 34.6 Å². The molecule has 0 spiro atoms. The lowest BCUT2D eigenvalue weighted by Crippen LogP contribution is -2.32. The van der Waals surface area contributed by atoms with Crippen LogP contribution in [0.4, 0.5) is 10.5 Å². The number of urea groups is 1. The number of nitro groups is 1. The molecule has 0 radical (unpaired) electrons. The van der Waals surface area contributed by atoms with Crippen LogP contribution in [-0.2, 0) is 29.1 Å². The number of benzene rings is 2. The van der Waals surface area contributed by atoms with Crippen molar-refractivity contribution in [1.82, 2.24) is 10.2 Å². The molecule has 2 aromatic rings. The highest BCUT2D eigenvalue weighted by Crippen LogP contribution is 2.34. The molecule has 144 valence electrons. The van der Waals surface area contributed by atoms with E-state index in [1.807, 2.05) is 30.3 Å². The van der Waals surface area contributed by atoms with E-state index in [2.05, 4.69) is 5.32 Å². The Hall–Kier alpha value is -3.46. The second-order valence-corrected chi connectivity index (χ2v) is 6.58. The molecule has 2 aromatic carbocycles. The summed E-state index contributed by atoms with van der Waals surface area (Å²) in [6.45, 7) is 0.0648. The van der Waals surface area contributed by atoms with Crippen LogP contribution in [0.3, 0.4) is 0 Å². The molecule has 1 atom stereocenters. The Morgan fingerprint density at radius 2 is 2.00 bits per heavy atom. The molecule has 2 heterocycles. The molecule has 0 saturated carbocycles. The number of nitrogens with one attached hydrogen (secondary N) is 1. The van der Waals surface area contributed by atoms with Crippen LogP contribution in [0.15, 0.2) is 42.5 Å². The SMILES string of the molecule is O=C1N[C@H](Cc2ccccc2)C(=O)N1Cc1cc([N+](=O)[O-])cc2c1OCOC2. The maximum Gasteiger partial charge on any atom is 0.325 e. The van der Waals surface area contributed by atoms with Gasteiger partial charge in [-0.1, -0.05) is 30.3 Å². The van der Waals surface area contributed by atoms with Crippen LogP contribution in [0.1, 0.15) is 16.7 Å². The van der Waals surface area contributed by atoms with E-state index in [-0.39, 0.29) is 31.5 Å². The summed E-state index contributed by atoms with van der Waals surface area (Å²) in [5.41, 5.74) is 1.70. The van der Waals surface area contributed by atoms with Gasteiger partial charge in [0.2, 0.25) is 0 Å². The summed E-state index contributed by atoms with van der Waals surface area (Å²) in [5, 5.41) is 13.9. The number of carbonyl (C=O) groups is 2. The number of hydrogen-bond donors (Lipinski definition) is 1. The number of nitrogens with zero attached hydrogens (tertiary/aromatic N) is 2. The molecule has 1 fully saturated rings. The Morgan fingerprint density at radius 1 is 1.21 bits per heavy atom. The first kappa shape index (κ1) is 17.9. The third-order valence-electron chi connectivity index (χ3n) is 4.70. The highest BCUT2D eigenvalue weighted by molar-refractivity contribution is 6.04. The molecule has 2 aliphatic rings. The Labute approximate surface area is 160 Å². The van der Waals surface area contributed by atoms with Crippen LogP contribution >= 0.6 is 0 Å². The van der Waals surface area contributed by atoms with Crippen molar-refractivity contribution in [1.29, 1.82) is 0 Å². The van der Waals surface area contributed by atoms with Crippen LogP contribution in [0.5, 0.6) is 5.75 Å². The smallest absolute Gasteiger partial charge is 0.325 e. The number of imide groups is 1. The second kappa shape index (κ2) is 7.28. The van der Waals surface area contributed by atoms with E-state index in [9.17, 15) is 19.7 Å². The molecule has 3 amide bonds. The lowest BCUT2D eigenvalue weighted by Gasteiger charge is -2.22. The zero-order chi connectivity index (χ0) is 19.7. The van der Waals surface area contributed by atoms with E-state index in [0.717, 1.165) is 10.5 Å². The Bertz CT molecular complexity index is 946. The molecule has 4 rings (SSSR count). The van der Waals surface area contributed by atoms with E-state index in [0.29, 0.717) is 23.3 Å². The van der Waals surface area contributed by atoms with Crippen molar-refractivity contribution in [3.8, 4) is 5.75 Å². The molecule has 0 unspecified atom stereocenters. The van der Waals surface area contributed by atoms with Gasteiger partial charge in [-0.2, -0.15) is 0 Å². The first-order valence-corrected chi connectivity index (χ1v) is 8.69.